The molecule has 3 heteroatoms. The number of fused-ring (bicyclic) bond motifs is 1. The Bertz CT molecular complexity index is 914. The molecule has 0 aromatic heterocycles. The molecule has 0 aliphatic rings. The molecule has 0 unspecified atom stereocenters. The van der Waals surface area contributed by atoms with Gasteiger partial charge in [0.15, 0.2) is 0 Å². The molecular formula is C25H31Cl2Zr-. The molecule has 0 nitrogen and oxygen atoms in total. The molecule has 0 saturated heterocycles. The van der Waals surface area contributed by atoms with Crippen molar-refractivity contribution in [1.29, 1.82) is 0 Å². The Morgan fingerprint density at radius 1 is 0.893 bits per heavy atom. The van der Waals surface area contributed by atoms with E-state index in [1.807, 2.05) is 0 Å². The van der Waals surface area contributed by atoms with Crippen LogP contribution in [0.1, 0.15) is 77.0 Å². The first-order valence-corrected chi connectivity index (χ1v) is 16.2. The van der Waals surface area contributed by atoms with Crippen LogP contribution in [0.3, 0.4) is 0 Å². The molecule has 0 atom stereocenters. The van der Waals surface area contributed by atoms with Gasteiger partial charge in [0.05, 0.1) is 0 Å². The monoisotopic (exact) mass is 491 g/mol. The molecule has 0 heterocycles. The quantitative estimate of drug-likeness (QED) is 0.319. The molecule has 0 radical (unpaired) electrons. The summed E-state index contributed by atoms with van der Waals surface area (Å²) in [4.78, 5) is 0. The molecule has 3 aromatic carbocycles. The zero-order chi connectivity index (χ0) is 21.1. The fraction of sp³-hybridized carbons (Fsp3) is 0.400. The molecule has 3 aromatic rings. The van der Waals surface area contributed by atoms with Gasteiger partial charge in [-0.3, -0.25) is 0 Å². The van der Waals surface area contributed by atoms with Crippen LogP contribution >= 0.6 is 17.0 Å². The van der Waals surface area contributed by atoms with Crippen LogP contribution in [0.2, 0.25) is 0 Å². The summed E-state index contributed by atoms with van der Waals surface area (Å²) in [6.45, 7) is 16.1. The van der Waals surface area contributed by atoms with Crippen molar-refractivity contribution in [2.75, 3.05) is 0 Å². The number of benzene rings is 2. The van der Waals surface area contributed by atoms with Gasteiger partial charge in [-0.15, -0.1) is 34.5 Å². The Morgan fingerprint density at radius 2 is 1.50 bits per heavy atom. The van der Waals surface area contributed by atoms with Gasteiger partial charge in [-0.25, -0.2) is 0 Å². The van der Waals surface area contributed by atoms with Gasteiger partial charge in [-0.05, 0) is 28.4 Å². The summed E-state index contributed by atoms with van der Waals surface area (Å²) in [5, 5.41) is 2.77. The summed E-state index contributed by atoms with van der Waals surface area (Å²) in [6.07, 6.45) is 0. The normalized spacial score (nSPS) is 11.7. The minimum atomic E-state index is -0.826. The summed E-state index contributed by atoms with van der Waals surface area (Å²) in [5.74, 6) is 1.07. The Hall–Kier alpha value is -0.487. The third kappa shape index (κ3) is 5.35. The Labute approximate surface area is 189 Å². The molecule has 0 saturated carbocycles. The van der Waals surface area contributed by atoms with Crippen molar-refractivity contribution in [3.63, 3.8) is 0 Å². The summed E-state index contributed by atoms with van der Waals surface area (Å²) in [5.41, 5.74) is 7.25. The van der Waals surface area contributed by atoms with Crippen molar-refractivity contribution in [2.45, 2.75) is 65.7 Å². The van der Waals surface area contributed by atoms with Gasteiger partial charge >= 0.3 is 37.9 Å². The van der Waals surface area contributed by atoms with Gasteiger partial charge in [0.1, 0.15) is 0 Å². The molecule has 28 heavy (non-hydrogen) atoms. The van der Waals surface area contributed by atoms with E-state index in [4.69, 9.17) is 17.0 Å². The number of rotatable bonds is 3. The standard InChI is InChI=1S/C25H31.2ClH.Zr/c1-16(2)19-14-18-12-13-23(25(5,6)7)24(22(18)15-19)21-11-9-8-10-20(21)17(3)4;;;/h8-17H,1-7H3;2*1H;/q-1;;;+2/p-2. The van der Waals surface area contributed by atoms with E-state index in [-0.39, 0.29) is 5.41 Å². The molecular weight excluding hydrogens is 462 g/mol. The topological polar surface area (TPSA) is 0 Å². The van der Waals surface area contributed by atoms with Gasteiger partial charge in [0.2, 0.25) is 0 Å². The average molecular weight is 494 g/mol. The van der Waals surface area contributed by atoms with Gasteiger partial charge in [-0.2, -0.15) is 6.07 Å². The van der Waals surface area contributed by atoms with Crippen molar-refractivity contribution in [3.8, 4) is 11.1 Å². The van der Waals surface area contributed by atoms with Gasteiger partial charge in [0, 0.05) is 0 Å². The second-order valence-electron chi connectivity index (χ2n) is 9.00. The van der Waals surface area contributed by atoms with Crippen molar-refractivity contribution >= 4 is 27.8 Å². The summed E-state index contributed by atoms with van der Waals surface area (Å²) in [7, 11) is 9.87. The van der Waals surface area contributed by atoms with Crippen LogP contribution in [-0.2, 0) is 26.3 Å². The molecule has 0 amide bonds. The van der Waals surface area contributed by atoms with Crippen molar-refractivity contribution < 1.29 is 20.8 Å². The fourth-order valence-electron chi connectivity index (χ4n) is 3.78. The van der Waals surface area contributed by atoms with Crippen molar-refractivity contribution in [3.05, 3.63) is 65.2 Å². The maximum absolute atomic E-state index is 4.93. The molecule has 150 valence electrons. The molecule has 0 spiro atoms. The minimum absolute atomic E-state index is 0.114. The van der Waals surface area contributed by atoms with E-state index >= 15 is 0 Å². The molecule has 3 rings (SSSR count). The summed E-state index contributed by atoms with van der Waals surface area (Å²) in [6, 6.07) is 18.4. The summed E-state index contributed by atoms with van der Waals surface area (Å²) >= 11 is -0.826. The molecule has 0 fully saturated rings. The van der Waals surface area contributed by atoms with Crippen molar-refractivity contribution in [2.24, 2.45) is 0 Å². The van der Waals surface area contributed by atoms with Crippen molar-refractivity contribution in [1.82, 2.24) is 0 Å². The van der Waals surface area contributed by atoms with Crippen LogP contribution in [0, 0.1) is 0 Å². The summed E-state index contributed by atoms with van der Waals surface area (Å²) < 4.78 is 0. The first-order chi connectivity index (χ1) is 13.1. The zero-order valence-electron chi connectivity index (χ0n) is 18.0. The SMILES string of the molecule is CC(C)c1cc2c(-c3ccccc3C(C)C)c(C(C)(C)C)ccc2[cH-]1.[Cl][Zr][Cl]. The van der Waals surface area contributed by atoms with E-state index in [1.54, 1.807) is 0 Å². The van der Waals surface area contributed by atoms with E-state index < -0.39 is 20.8 Å². The van der Waals surface area contributed by atoms with Crippen LogP contribution in [0.5, 0.6) is 0 Å². The zero-order valence-corrected chi connectivity index (χ0v) is 22.0. The Balaban J connectivity index is 0.000000878. The average Bonchev–Trinajstić information content (AvgIpc) is 3.05. The Morgan fingerprint density at radius 3 is 2.04 bits per heavy atom. The van der Waals surface area contributed by atoms with E-state index in [0.29, 0.717) is 11.8 Å². The van der Waals surface area contributed by atoms with E-state index in [2.05, 4.69) is 97.0 Å². The van der Waals surface area contributed by atoms with E-state index in [9.17, 15) is 0 Å². The molecule has 0 N–H and O–H groups in total. The van der Waals surface area contributed by atoms with Crippen LogP contribution in [0.25, 0.3) is 21.9 Å². The number of halogens is 2. The van der Waals surface area contributed by atoms with Gasteiger partial charge in [-0.1, -0.05) is 83.9 Å². The Kier molecular flexibility index (Phi) is 8.51. The van der Waals surface area contributed by atoms with Crippen LogP contribution in [-0.4, -0.2) is 0 Å². The third-order valence-electron chi connectivity index (χ3n) is 5.24. The van der Waals surface area contributed by atoms with Gasteiger partial charge < -0.3 is 0 Å². The fourth-order valence-corrected chi connectivity index (χ4v) is 3.78. The molecule has 0 aliphatic carbocycles. The van der Waals surface area contributed by atoms with Crippen LogP contribution in [0.15, 0.2) is 48.5 Å². The second-order valence-corrected chi connectivity index (χ2v) is 12.7. The first kappa shape index (κ1) is 23.8. The molecule has 0 bridgehead atoms. The van der Waals surface area contributed by atoms with Crippen LogP contribution < -0.4 is 0 Å². The van der Waals surface area contributed by atoms with E-state index in [0.717, 1.165) is 0 Å². The third-order valence-corrected chi connectivity index (χ3v) is 5.24. The predicted octanol–water partition coefficient (Wildman–Crippen LogP) is 9.15. The number of hydrogen-bond donors (Lipinski definition) is 0. The molecule has 0 aliphatic heterocycles. The first-order valence-electron chi connectivity index (χ1n) is 9.91. The predicted molar refractivity (Wildman–Crippen MR) is 124 cm³/mol. The van der Waals surface area contributed by atoms with E-state index in [1.165, 1.54) is 38.6 Å². The van der Waals surface area contributed by atoms with Crippen LogP contribution in [0.4, 0.5) is 0 Å². The number of hydrogen-bond acceptors (Lipinski definition) is 0. The maximum atomic E-state index is 4.93. The van der Waals surface area contributed by atoms with Gasteiger partial charge in [0.25, 0.3) is 0 Å². The second kappa shape index (κ2) is 10.0.